The molecule has 3 atom stereocenters. The highest BCUT2D eigenvalue weighted by Crippen LogP contribution is 2.28. The third kappa shape index (κ3) is 3.66. The Morgan fingerprint density at radius 2 is 2.05 bits per heavy atom. The van der Waals surface area contributed by atoms with Crippen LogP contribution in [0.2, 0.25) is 0 Å². The van der Waals surface area contributed by atoms with E-state index in [1.165, 1.54) is 12.4 Å². The summed E-state index contributed by atoms with van der Waals surface area (Å²) in [5, 5.41) is 19.8. The Labute approximate surface area is 129 Å². The number of aliphatic hydroxyl groups is 2. The van der Waals surface area contributed by atoms with Gasteiger partial charge in [0.15, 0.2) is 11.9 Å². The molecule has 1 aliphatic heterocycles. The van der Waals surface area contributed by atoms with Gasteiger partial charge in [-0.15, -0.1) is 24.8 Å². The number of aromatic nitrogens is 1. The summed E-state index contributed by atoms with van der Waals surface area (Å²) in [7, 11) is 0. The molecular weight excluding hydrogens is 305 g/mol. The van der Waals surface area contributed by atoms with Crippen molar-refractivity contribution in [3.63, 3.8) is 0 Å². The van der Waals surface area contributed by atoms with Crippen molar-refractivity contribution in [1.29, 1.82) is 0 Å². The van der Waals surface area contributed by atoms with Gasteiger partial charge in [0.25, 0.3) is 0 Å². The molecule has 20 heavy (non-hydrogen) atoms. The molecule has 0 spiro atoms. The minimum Gasteiger partial charge on any atom is -0.392 e. The van der Waals surface area contributed by atoms with Crippen molar-refractivity contribution in [2.45, 2.75) is 24.3 Å². The number of aldehydes is 1. The molecule has 0 bridgehead atoms. The van der Waals surface area contributed by atoms with Gasteiger partial charge in [0.2, 0.25) is 0 Å². The summed E-state index contributed by atoms with van der Waals surface area (Å²) < 4.78 is 0. The van der Waals surface area contributed by atoms with Gasteiger partial charge in [-0.1, -0.05) is 0 Å². The molecule has 0 aliphatic carbocycles. The number of nitrogens with zero attached hydrogens (tertiary/aromatic N) is 2. The molecule has 1 aliphatic rings. The number of aliphatic hydroxyl groups excluding tert-OH is 2. The SMILES string of the molecule is Cl.Cl.N[C@](C=O)([C@@H](O)c1ccncc1)N1CCC(O)C1. The zero-order chi connectivity index (χ0) is 13.2. The number of nitrogens with two attached hydrogens (primary N) is 1. The van der Waals surface area contributed by atoms with Crippen LogP contribution in [-0.4, -0.2) is 51.2 Å². The van der Waals surface area contributed by atoms with Crippen LogP contribution in [0.1, 0.15) is 18.1 Å². The summed E-state index contributed by atoms with van der Waals surface area (Å²) in [6.07, 6.45) is 2.50. The van der Waals surface area contributed by atoms with Crippen LogP contribution in [-0.2, 0) is 4.79 Å². The average Bonchev–Trinajstić information content (AvgIpc) is 2.85. The van der Waals surface area contributed by atoms with Crippen LogP contribution >= 0.6 is 24.8 Å². The quantitative estimate of drug-likeness (QED) is 0.668. The largest absolute Gasteiger partial charge is 0.392 e. The molecule has 0 amide bonds. The molecular formula is C12H19Cl2N3O3. The third-order valence-electron chi connectivity index (χ3n) is 3.36. The van der Waals surface area contributed by atoms with E-state index in [9.17, 15) is 15.0 Å². The predicted octanol–water partition coefficient (Wildman–Crippen LogP) is -0.121. The summed E-state index contributed by atoms with van der Waals surface area (Å²) in [5.41, 5.74) is 5.03. The van der Waals surface area contributed by atoms with Crippen molar-refractivity contribution in [2.75, 3.05) is 13.1 Å². The Bertz CT molecular complexity index is 424. The van der Waals surface area contributed by atoms with Gasteiger partial charge in [-0.2, -0.15) is 0 Å². The molecule has 1 aromatic heterocycles. The lowest BCUT2D eigenvalue weighted by atomic mass is 9.97. The molecule has 8 heteroatoms. The number of halogens is 2. The zero-order valence-corrected chi connectivity index (χ0v) is 12.4. The molecule has 1 fully saturated rings. The summed E-state index contributed by atoms with van der Waals surface area (Å²) in [6.45, 7) is 0.774. The molecule has 114 valence electrons. The fourth-order valence-electron chi connectivity index (χ4n) is 2.22. The van der Waals surface area contributed by atoms with E-state index in [4.69, 9.17) is 5.73 Å². The highest BCUT2D eigenvalue weighted by Gasteiger charge is 2.43. The number of β-amino-alcohol motifs (C(OH)–C–C–N with tert-alkyl or cyclic N) is 1. The molecule has 4 N–H and O–H groups in total. The molecule has 0 radical (unpaired) electrons. The van der Waals surface area contributed by atoms with E-state index in [0.717, 1.165) is 0 Å². The first-order valence-corrected chi connectivity index (χ1v) is 5.84. The van der Waals surface area contributed by atoms with Gasteiger partial charge in [-0.25, -0.2) is 0 Å². The molecule has 2 rings (SSSR count). The van der Waals surface area contributed by atoms with Gasteiger partial charge in [-0.05, 0) is 24.1 Å². The molecule has 0 aromatic carbocycles. The molecule has 1 aromatic rings. The first-order chi connectivity index (χ1) is 8.58. The first kappa shape index (κ1) is 19.2. The van der Waals surface area contributed by atoms with Crippen molar-refractivity contribution in [3.05, 3.63) is 30.1 Å². The second-order valence-electron chi connectivity index (χ2n) is 4.58. The van der Waals surface area contributed by atoms with E-state index in [1.807, 2.05) is 0 Å². The van der Waals surface area contributed by atoms with Crippen LogP contribution in [0.5, 0.6) is 0 Å². The molecule has 2 heterocycles. The topological polar surface area (TPSA) is 99.7 Å². The number of pyridine rings is 1. The molecule has 6 nitrogen and oxygen atoms in total. The lowest BCUT2D eigenvalue weighted by Crippen LogP contribution is -2.60. The predicted molar refractivity (Wildman–Crippen MR) is 78.9 cm³/mol. The fourth-order valence-corrected chi connectivity index (χ4v) is 2.22. The van der Waals surface area contributed by atoms with E-state index in [2.05, 4.69) is 4.98 Å². The van der Waals surface area contributed by atoms with E-state index >= 15 is 0 Å². The fraction of sp³-hybridized carbons (Fsp3) is 0.500. The summed E-state index contributed by atoms with van der Waals surface area (Å²) in [6, 6.07) is 3.23. The molecule has 0 saturated carbocycles. The summed E-state index contributed by atoms with van der Waals surface area (Å²) >= 11 is 0. The smallest absolute Gasteiger partial charge is 0.157 e. The maximum absolute atomic E-state index is 11.3. The Hall–Kier alpha value is -0.760. The van der Waals surface area contributed by atoms with Gasteiger partial charge in [0.05, 0.1) is 6.10 Å². The number of hydrogen-bond acceptors (Lipinski definition) is 6. The maximum atomic E-state index is 11.3. The maximum Gasteiger partial charge on any atom is 0.157 e. The van der Waals surface area contributed by atoms with E-state index < -0.39 is 17.9 Å². The van der Waals surface area contributed by atoms with Crippen LogP contribution in [0.4, 0.5) is 0 Å². The molecule has 1 saturated heterocycles. The number of carbonyl (C=O) groups is 1. The summed E-state index contributed by atoms with van der Waals surface area (Å²) in [5.74, 6) is 0. The number of rotatable bonds is 4. The van der Waals surface area contributed by atoms with E-state index in [1.54, 1.807) is 17.0 Å². The van der Waals surface area contributed by atoms with Crippen LogP contribution in [0, 0.1) is 0 Å². The van der Waals surface area contributed by atoms with Crippen molar-refractivity contribution in [3.8, 4) is 0 Å². The lowest BCUT2D eigenvalue weighted by Gasteiger charge is -2.37. The summed E-state index contributed by atoms with van der Waals surface area (Å²) in [4.78, 5) is 16.8. The Morgan fingerprint density at radius 3 is 2.50 bits per heavy atom. The zero-order valence-electron chi connectivity index (χ0n) is 10.8. The number of hydrogen-bond donors (Lipinski definition) is 3. The van der Waals surface area contributed by atoms with Crippen molar-refractivity contribution >= 4 is 31.1 Å². The van der Waals surface area contributed by atoms with Crippen LogP contribution in [0.3, 0.4) is 0 Å². The minimum absolute atomic E-state index is 0. The van der Waals surface area contributed by atoms with Crippen LogP contribution in [0.15, 0.2) is 24.5 Å². The van der Waals surface area contributed by atoms with Gasteiger partial charge in [-0.3, -0.25) is 14.7 Å². The lowest BCUT2D eigenvalue weighted by molar-refractivity contribution is -0.126. The Kier molecular flexibility index (Phi) is 7.57. The molecule has 1 unspecified atom stereocenters. The van der Waals surface area contributed by atoms with Gasteiger partial charge in [0, 0.05) is 25.5 Å². The van der Waals surface area contributed by atoms with Crippen molar-refractivity contribution in [1.82, 2.24) is 9.88 Å². The number of carbonyl (C=O) groups excluding carboxylic acids is 1. The highest BCUT2D eigenvalue weighted by molar-refractivity contribution is 5.85. The van der Waals surface area contributed by atoms with Crippen LogP contribution in [0.25, 0.3) is 0 Å². The Morgan fingerprint density at radius 1 is 1.45 bits per heavy atom. The first-order valence-electron chi connectivity index (χ1n) is 5.84. The standard InChI is InChI=1S/C12H17N3O3.2ClH/c13-12(8-16,15-6-3-10(17)7-15)11(18)9-1-4-14-5-2-9;;/h1-2,4-5,8,10-11,17-18H,3,6-7,13H2;2*1H/t10?,11-,12-;;/m0../s1. The second kappa shape index (κ2) is 7.87. The monoisotopic (exact) mass is 323 g/mol. The van der Waals surface area contributed by atoms with Gasteiger partial charge < -0.3 is 15.9 Å². The highest BCUT2D eigenvalue weighted by atomic mass is 35.5. The van der Waals surface area contributed by atoms with Gasteiger partial charge in [0.1, 0.15) is 6.10 Å². The van der Waals surface area contributed by atoms with E-state index in [0.29, 0.717) is 24.8 Å². The van der Waals surface area contributed by atoms with Crippen molar-refractivity contribution in [2.24, 2.45) is 5.73 Å². The van der Waals surface area contributed by atoms with Crippen LogP contribution < -0.4 is 5.73 Å². The second-order valence-corrected chi connectivity index (χ2v) is 4.58. The van der Waals surface area contributed by atoms with Crippen molar-refractivity contribution < 1.29 is 15.0 Å². The Balaban J connectivity index is 0.00000180. The minimum atomic E-state index is -1.52. The average molecular weight is 324 g/mol. The van der Waals surface area contributed by atoms with Gasteiger partial charge >= 0.3 is 0 Å². The van der Waals surface area contributed by atoms with E-state index in [-0.39, 0.29) is 31.4 Å². The normalized spacial score (nSPS) is 23.1. The number of likely N-dealkylation sites (tertiary alicyclic amines) is 1. The third-order valence-corrected chi connectivity index (χ3v) is 3.36.